The van der Waals surface area contributed by atoms with E-state index >= 15 is 0 Å². The van der Waals surface area contributed by atoms with Crippen LogP contribution in [-0.2, 0) is 16.4 Å². The van der Waals surface area contributed by atoms with Gasteiger partial charge in [-0.3, -0.25) is 5.10 Å². The molecule has 0 aliphatic heterocycles. The smallest absolute Gasteiger partial charge is 0.257 e. The average Bonchev–Trinajstić information content (AvgIpc) is 2.90. The van der Waals surface area contributed by atoms with Crippen LogP contribution < -0.4 is 4.72 Å². The summed E-state index contributed by atoms with van der Waals surface area (Å²) in [5.41, 5.74) is 0. The van der Waals surface area contributed by atoms with Crippen LogP contribution in [0.4, 0.5) is 0 Å². The Labute approximate surface area is 96.8 Å². The third kappa shape index (κ3) is 2.65. The SMILES string of the molecule is O=S(=O)(NCCc1nccs1)c1ccn[nH]1. The summed E-state index contributed by atoms with van der Waals surface area (Å²) in [4.78, 5) is 4.06. The van der Waals surface area contributed by atoms with Crippen molar-refractivity contribution in [2.24, 2.45) is 0 Å². The van der Waals surface area contributed by atoms with Gasteiger partial charge in [0.25, 0.3) is 10.0 Å². The molecular formula is C8H10N4O2S2. The Bertz CT molecular complexity index is 518. The van der Waals surface area contributed by atoms with Crippen LogP contribution in [-0.4, -0.2) is 30.1 Å². The molecule has 2 heterocycles. The number of hydrogen-bond donors (Lipinski definition) is 2. The van der Waals surface area contributed by atoms with Gasteiger partial charge in [-0.05, 0) is 6.07 Å². The molecule has 0 fully saturated rings. The summed E-state index contributed by atoms with van der Waals surface area (Å²) in [6, 6.07) is 1.41. The number of aromatic nitrogens is 3. The number of thiazole rings is 1. The maximum Gasteiger partial charge on any atom is 0.257 e. The predicted octanol–water partition coefficient (Wildman–Crippen LogP) is 0.387. The second-order valence-corrected chi connectivity index (χ2v) is 5.71. The second-order valence-electron chi connectivity index (χ2n) is 2.99. The highest BCUT2D eigenvalue weighted by molar-refractivity contribution is 7.89. The van der Waals surface area contributed by atoms with Crippen LogP contribution in [0.1, 0.15) is 5.01 Å². The normalized spacial score (nSPS) is 11.8. The average molecular weight is 258 g/mol. The van der Waals surface area contributed by atoms with Crippen LogP contribution in [0, 0.1) is 0 Å². The molecule has 0 amide bonds. The van der Waals surface area contributed by atoms with Crippen molar-refractivity contribution in [3.05, 3.63) is 28.8 Å². The van der Waals surface area contributed by atoms with Crippen molar-refractivity contribution in [1.82, 2.24) is 19.9 Å². The summed E-state index contributed by atoms with van der Waals surface area (Å²) < 4.78 is 25.7. The molecule has 0 saturated carbocycles. The minimum Gasteiger partial charge on any atom is -0.266 e. The molecule has 0 aliphatic carbocycles. The molecule has 0 bridgehead atoms. The van der Waals surface area contributed by atoms with Crippen LogP contribution in [0.5, 0.6) is 0 Å². The van der Waals surface area contributed by atoms with Gasteiger partial charge in [-0.2, -0.15) is 5.10 Å². The van der Waals surface area contributed by atoms with Gasteiger partial charge in [0.15, 0.2) is 5.03 Å². The number of aromatic amines is 1. The van der Waals surface area contributed by atoms with Crippen molar-refractivity contribution in [1.29, 1.82) is 0 Å². The highest BCUT2D eigenvalue weighted by atomic mass is 32.2. The molecule has 6 nitrogen and oxygen atoms in total. The molecule has 0 atom stereocenters. The molecule has 0 saturated heterocycles. The molecule has 16 heavy (non-hydrogen) atoms. The zero-order chi connectivity index (χ0) is 11.4. The van der Waals surface area contributed by atoms with Crippen LogP contribution in [0.15, 0.2) is 28.9 Å². The van der Waals surface area contributed by atoms with Crippen LogP contribution in [0.2, 0.25) is 0 Å². The lowest BCUT2D eigenvalue weighted by Gasteiger charge is -2.02. The van der Waals surface area contributed by atoms with Gasteiger partial charge >= 0.3 is 0 Å². The monoisotopic (exact) mass is 258 g/mol. The Morgan fingerprint density at radius 2 is 2.31 bits per heavy atom. The first kappa shape index (κ1) is 11.2. The summed E-state index contributed by atoms with van der Waals surface area (Å²) in [7, 11) is -3.46. The molecule has 0 radical (unpaired) electrons. The number of nitrogens with zero attached hydrogens (tertiary/aromatic N) is 2. The lowest BCUT2D eigenvalue weighted by atomic mass is 10.5. The van der Waals surface area contributed by atoms with Crippen molar-refractivity contribution in [3.63, 3.8) is 0 Å². The van der Waals surface area contributed by atoms with Crippen molar-refractivity contribution < 1.29 is 8.42 Å². The maximum atomic E-state index is 11.6. The highest BCUT2D eigenvalue weighted by Gasteiger charge is 2.14. The lowest BCUT2D eigenvalue weighted by Crippen LogP contribution is -2.26. The van der Waals surface area contributed by atoms with Gasteiger partial charge in [-0.1, -0.05) is 0 Å². The second kappa shape index (κ2) is 4.73. The van der Waals surface area contributed by atoms with Gasteiger partial charge in [-0.25, -0.2) is 18.1 Å². The van der Waals surface area contributed by atoms with E-state index < -0.39 is 10.0 Å². The van der Waals surface area contributed by atoms with E-state index in [0.717, 1.165) is 5.01 Å². The highest BCUT2D eigenvalue weighted by Crippen LogP contribution is 2.05. The number of nitrogens with one attached hydrogen (secondary N) is 2. The Kier molecular flexibility index (Phi) is 3.32. The number of hydrogen-bond acceptors (Lipinski definition) is 5. The quantitative estimate of drug-likeness (QED) is 0.812. The predicted molar refractivity (Wildman–Crippen MR) is 59.6 cm³/mol. The number of rotatable bonds is 5. The Balaban J connectivity index is 1.91. The van der Waals surface area contributed by atoms with E-state index in [1.165, 1.54) is 23.6 Å². The van der Waals surface area contributed by atoms with E-state index in [4.69, 9.17) is 0 Å². The fraction of sp³-hybridized carbons (Fsp3) is 0.250. The standard InChI is InChI=1S/C8H10N4O2S2/c13-16(14,8-2-3-10-12-8)11-4-1-7-9-5-6-15-7/h2-3,5-6,11H,1,4H2,(H,10,12). The van der Waals surface area contributed by atoms with Gasteiger partial charge in [0.1, 0.15) is 0 Å². The van der Waals surface area contributed by atoms with E-state index in [1.54, 1.807) is 6.20 Å². The summed E-state index contributed by atoms with van der Waals surface area (Å²) in [5.74, 6) is 0. The zero-order valence-corrected chi connectivity index (χ0v) is 9.88. The fourth-order valence-corrected chi connectivity index (χ4v) is 2.70. The molecule has 0 unspecified atom stereocenters. The molecule has 86 valence electrons. The Hall–Kier alpha value is -1.25. The van der Waals surface area contributed by atoms with E-state index in [0.29, 0.717) is 13.0 Å². The van der Waals surface area contributed by atoms with Gasteiger partial charge in [-0.15, -0.1) is 11.3 Å². The third-order valence-corrected chi connectivity index (χ3v) is 4.11. The molecular weight excluding hydrogens is 248 g/mol. The third-order valence-electron chi connectivity index (χ3n) is 1.88. The Morgan fingerprint density at radius 3 is 2.94 bits per heavy atom. The maximum absolute atomic E-state index is 11.6. The van der Waals surface area contributed by atoms with Gasteiger partial charge in [0.2, 0.25) is 0 Å². The summed E-state index contributed by atoms with van der Waals surface area (Å²) in [6.45, 7) is 0.328. The van der Waals surface area contributed by atoms with Crippen LogP contribution in [0.3, 0.4) is 0 Å². The lowest BCUT2D eigenvalue weighted by molar-refractivity contribution is 0.577. The van der Waals surface area contributed by atoms with Crippen molar-refractivity contribution in [3.8, 4) is 0 Å². The van der Waals surface area contributed by atoms with Gasteiger partial charge < -0.3 is 0 Å². The molecule has 2 N–H and O–H groups in total. The summed E-state index contributed by atoms with van der Waals surface area (Å²) >= 11 is 1.50. The van der Waals surface area contributed by atoms with E-state index in [1.807, 2.05) is 5.38 Å². The minimum absolute atomic E-state index is 0.0756. The van der Waals surface area contributed by atoms with Crippen molar-refractivity contribution >= 4 is 21.4 Å². The molecule has 8 heteroatoms. The van der Waals surface area contributed by atoms with Crippen LogP contribution >= 0.6 is 11.3 Å². The van der Waals surface area contributed by atoms with Crippen molar-refractivity contribution in [2.75, 3.05) is 6.54 Å². The summed E-state index contributed by atoms with van der Waals surface area (Å²) in [6.07, 6.45) is 3.68. The molecule has 2 rings (SSSR count). The first-order chi connectivity index (χ1) is 7.68. The molecule has 2 aromatic heterocycles. The number of H-pyrrole nitrogens is 1. The fourth-order valence-electron chi connectivity index (χ4n) is 1.14. The first-order valence-electron chi connectivity index (χ1n) is 4.56. The molecule has 0 aromatic carbocycles. The topological polar surface area (TPSA) is 87.7 Å². The molecule has 2 aromatic rings. The molecule has 0 aliphatic rings. The first-order valence-corrected chi connectivity index (χ1v) is 6.92. The summed E-state index contributed by atoms with van der Waals surface area (Å²) in [5, 5.41) is 8.84. The van der Waals surface area contributed by atoms with Crippen molar-refractivity contribution in [2.45, 2.75) is 11.4 Å². The van der Waals surface area contributed by atoms with Crippen LogP contribution in [0.25, 0.3) is 0 Å². The largest absolute Gasteiger partial charge is 0.266 e. The van der Waals surface area contributed by atoms with E-state index in [-0.39, 0.29) is 5.03 Å². The van der Waals surface area contributed by atoms with Gasteiger partial charge in [0.05, 0.1) is 11.2 Å². The molecule has 0 spiro atoms. The Morgan fingerprint density at radius 1 is 1.44 bits per heavy atom. The van der Waals surface area contributed by atoms with E-state index in [2.05, 4.69) is 19.9 Å². The zero-order valence-electron chi connectivity index (χ0n) is 8.25. The minimum atomic E-state index is -3.46. The van der Waals surface area contributed by atoms with Gasteiger partial charge in [0, 0.05) is 24.5 Å². The number of sulfonamides is 1. The van der Waals surface area contributed by atoms with E-state index in [9.17, 15) is 8.42 Å².